The largest absolute Gasteiger partial charge is 0.495 e. The fourth-order valence-corrected chi connectivity index (χ4v) is 2.57. The van der Waals surface area contributed by atoms with Gasteiger partial charge in [-0.3, -0.25) is 4.79 Å². The predicted octanol–water partition coefficient (Wildman–Crippen LogP) is 2.51. The second-order valence-corrected chi connectivity index (χ2v) is 4.45. The van der Waals surface area contributed by atoms with Gasteiger partial charge < -0.3 is 9.47 Å². The van der Waals surface area contributed by atoms with Crippen molar-refractivity contribution in [2.24, 2.45) is 0 Å². The number of ether oxygens (including phenoxy) is 2. The van der Waals surface area contributed by atoms with Crippen LogP contribution in [0.4, 0.5) is 0 Å². The van der Waals surface area contributed by atoms with Gasteiger partial charge in [0.15, 0.2) is 0 Å². The molecule has 0 aliphatic carbocycles. The SMILES string of the molecule is COc1ccsc1C(=O)C1CCCCO1. The number of carbonyl (C=O) groups is 1. The minimum atomic E-state index is -0.258. The van der Waals surface area contributed by atoms with Crippen LogP contribution in [-0.4, -0.2) is 25.6 Å². The highest BCUT2D eigenvalue weighted by Crippen LogP contribution is 2.28. The molecule has 0 N–H and O–H groups in total. The van der Waals surface area contributed by atoms with E-state index in [1.165, 1.54) is 11.3 Å². The first-order chi connectivity index (χ1) is 7.33. The molecule has 15 heavy (non-hydrogen) atoms. The Morgan fingerprint density at radius 3 is 3.13 bits per heavy atom. The Kier molecular flexibility index (Phi) is 3.38. The lowest BCUT2D eigenvalue weighted by atomic mass is 10.0. The van der Waals surface area contributed by atoms with E-state index in [1.807, 2.05) is 11.4 Å². The van der Waals surface area contributed by atoms with Gasteiger partial charge in [-0.25, -0.2) is 0 Å². The Morgan fingerprint density at radius 1 is 1.60 bits per heavy atom. The molecule has 0 aromatic carbocycles. The molecule has 1 atom stereocenters. The normalized spacial score (nSPS) is 21.3. The molecule has 2 rings (SSSR count). The van der Waals surface area contributed by atoms with Gasteiger partial charge in [0.25, 0.3) is 0 Å². The fraction of sp³-hybridized carbons (Fsp3) is 0.545. The number of thiophene rings is 1. The van der Waals surface area contributed by atoms with Crippen molar-refractivity contribution in [1.29, 1.82) is 0 Å². The van der Waals surface area contributed by atoms with Gasteiger partial charge in [0.1, 0.15) is 16.7 Å². The summed E-state index contributed by atoms with van der Waals surface area (Å²) in [5.74, 6) is 0.737. The molecule has 0 saturated carbocycles. The Labute approximate surface area is 93.0 Å². The van der Waals surface area contributed by atoms with Gasteiger partial charge in [-0.1, -0.05) is 0 Å². The zero-order valence-corrected chi connectivity index (χ0v) is 9.51. The van der Waals surface area contributed by atoms with Gasteiger partial charge in [-0.2, -0.15) is 0 Å². The summed E-state index contributed by atoms with van der Waals surface area (Å²) in [6.07, 6.45) is 2.71. The van der Waals surface area contributed by atoms with Gasteiger partial charge in [-0.15, -0.1) is 11.3 Å². The van der Waals surface area contributed by atoms with E-state index in [1.54, 1.807) is 7.11 Å². The molecule has 0 spiro atoms. The van der Waals surface area contributed by atoms with Crippen molar-refractivity contribution in [2.75, 3.05) is 13.7 Å². The summed E-state index contributed by atoms with van der Waals surface area (Å²) in [7, 11) is 1.58. The standard InChI is InChI=1S/C11H14O3S/c1-13-9-5-7-15-11(9)10(12)8-4-2-3-6-14-8/h5,7-8H,2-4,6H2,1H3. The Bertz CT molecular complexity index is 339. The third-order valence-corrected chi connectivity index (χ3v) is 3.46. The Hall–Kier alpha value is -0.870. The molecule has 1 saturated heterocycles. The van der Waals surface area contributed by atoms with E-state index in [-0.39, 0.29) is 11.9 Å². The molecule has 3 nitrogen and oxygen atoms in total. The summed E-state index contributed by atoms with van der Waals surface area (Å²) in [6, 6.07) is 1.82. The van der Waals surface area contributed by atoms with Crippen LogP contribution in [0, 0.1) is 0 Å². The highest BCUT2D eigenvalue weighted by Gasteiger charge is 2.26. The first-order valence-corrected chi connectivity index (χ1v) is 5.98. The molecular formula is C11H14O3S. The quantitative estimate of drug-likeness (QED) is 0.743. The van der Waals surface area contributed by atoms with Crippen LogP contribution in [0.2, 0.25) is 0 Å². The third kappa shape index (κ3) is 2.21. The fourth-order valence-electron chi connectivity index (χ4n) is 1.73. The topological polar surface area (TPSA) is 35.5 Å². The van der Waals surface area contributed by atoms with Crippen molar-refractivity contribution in [3.63, 3.8) is 0 Å². The Morgan fingerprint density at radius 2 is 2.47 bits per heavy atom. The molecular weight excluding hydrogens is 212 g/mol. The number of Topliss-reactive ketones (excluding diaryl/α,β-unsaturated/α-hetero) is 1. The number of carbonyl (C=O) groups excluding carboxylic acids is 1. The predicted molar refractivity (Wildman–Crippen MR) is 58.8 cm³/mol. The summed E-state index contributed by atoms with van der Waals surface area (Å²) < 4.78 is 10.6. The van der Waals surface area contributed by atoms with E-state index in [0.717, 1.165) is 19.3 Å². The van der Waals surface area contributed by atoms with Crippen molar-refractivity contribution in [3.05, 3.63) is 16.3 Å². The molecule has 1 aromatic heterocycles. The number of ketones is 1. The number of hydrogen-bond acceptors (Lipinski definition) is 4. The highest BCUT2D eigenvalue weighted by atomic mass is 32.1. The first kappa shape index (κ1) is 10.6. The summed E-state index contributed by atoms with van der Waals surface area (Å²) in [6.45, 7) is 0.699. The van der Waals surface area contributed by atoms with E-state index in [2.05, 4.69) is 0 Å². The second kappa shape index (κ2) is 4.77. The summed E-state index contributed by atoms with van der Waals surface area (Å²) >= 11 is 1.42. The van der Waals surface area contributed by atoms with Crippen LogP contribution in [-0.2, 0) is 4.74 Å². The van der Waals surface area contributed by atoms with E-state index >= 15 is 0 Å². The maximum atomic E-state index is 12.0. The molecule has 1 aromatic rings. The van der Waals surface area contributed by atoms with Gasteiger partial charge in [0, 0.05) is 6.61 Å². The number of hydrogen-bond donors (Lipinski definition) is 0. The van der Waals surface area contributed by atoms with E-state index in [9.17, 15) is 4.79 Å². The van der Waals surface area contributed by atoms with E-state index < -0.39 is 0 Å². The van der Waals surface area contributed by atoms with E-state index in [0.29, 0.717) is 17.2 Å². The molecule has 2 heterocycles. The molecule has 1 unspecified atom stereocenters. The molecule has 0 bridgehead atoms. The van der Waals surface area contributed by atoms with Crippen LogP contribution >= 0.6 is 11.3 Å². The molecule has 0 radical (unpaired) electrons. The zero-order chi connectivity index (χ0) is 10.7. The van der Waals surface area contributed by atoms with Crippen LogP contribution in [0.3, 0.4) is 0 Å². The third-order valence-electron chi connectivity index (χ3n) is 2.54. The minimum absolute atomic E-state index is 0.0709. The summed E-state index contributed by atoms with van der Waals surface area (Å²) in [5.41, 5.74) is 0. The first-order valence-electron chi connectivity index (χ1n) is 5.10. The zero-order valence-electron chi connectivity index (χ0n) is 8.69. The highest BCUT2D eigenvalue weighted by molar-refractivity contribution is 7.12. The van der Waals surface area contributed by atoms with Crippen LogP contribution in [0.25, 0.3) is 0 Å². The van der Waals surface area contributed by atoms with Crippen LogP contribution in [0.1, 0.15) is 28.9 Å². The summed E-state index contributed by atoms with van der Waals surface area (Å²) in [4.78, 5) is 12.7. The van der Waals surface area contributed by atoms with Gasteiger partial charge >= 0.3 is 0 Å². The van der Waals surface area contributed by atoms with Gasteiger partial charge in [0.05, 0.1) is 7.11 Å². The second-order valence-electron chi connectivity index (χ2n) is 3.54. The lowest BCUT2D eigenvalue weighted by molar-refractivity contribution is 0.0188. The van der Waals surface area contributed by atoms with Crippen molar-refractivity contribution < 1.29 is 14.3 Å². The van der Waals surface area contributed by atoms with Crippen molar-refractivity contribution >= 4 is 17.1 Å². The molecule has 1 aliphatic heterocycles. The maximum Gasteiger partial charge on any atom is 0.205 e. The van der Waals surface area contributed by atoms with Gasteiger partial charge in [0.2, 0.25) is 5.78 Å². The van der Waals surface area contributed by atoms with Crippen molar-refractivity contribution in [2.45, 2.75) is 25.4 Å². The smallest absolute Gasteiger partial charge is 0.205 e. The van der Waals surface area contributed by atoms with Crippen molar-refractivity contribution in [3.8, 4) is 5.75 Å². The average molecular weight is 226 g/mol. The van der Waals surface area contributed by atoms with Crippen LogP contribution < -0.4 is 4.74 Å². The lowest BCUT2D eigenvalue weighted by Crippen LogP contribution is -2.27. The van der Waals surface area contributed by atoms with E-state index in [4.69, 9.17) is 9.47 Å². The summed E-state index contributed by atoms with van der Waals surface area (Å²) in [5, 5.41) is 1.87. The van der Waals surface area contributed by atoms with Crippen LogP contribution in [0.15, 0.2) is 11.4 Å². The number of rotatable bonds is 3. The lowest BCUT2D eigenvalue weighted by Gasteiger charge is -2.20. The average Bonchev–Trinajstić information content (AvgIpc) is 2.77. The monoisotopic (exact) mass is 226 g/mol. The molecule has 4 heteroatoms. The molecule has 1 aliphatic rings. The minimum Gasteiger partial charge on any atom is -0.495 e. The maximum absolute atomic E-state index is 12.0. The molecule has 1 fully saturated rings. The molecule has 82 valence electrons. The molecule has 0 amide bonds. The number of methoxy groups -OCH3 is 1. The van der Waals surface area contributed by atoms with Crippen LogP contribution in [0.5, 0.6) is 5.75 Å². The van der Waals surface area contributed by atoms with Gasteiger partial charge in [-0.05, 0) is 30.7 Å². The Balaban J connectivity index is 2.12. The van der Waals surface area contributed by atoms with Crippen molar-refractivity contribution in [1.82, 2.24) is 0 Å².